The third kappa shape index (κ3) is 4.09. The van der Waals surface area contributed by atoms with Gasteiger partial charge in [0.1, 0.15) is 5.82 Å². The molecule has 0 saturated carbocycles. The lowest BCUT2D eigenvalue weighted by atomic mass is 10.1. The number of hydrogen-bond donors (Lipinski definition) is 1. The number of benzene rings is 2. The summed E-state index contributed by atoms with van der Waals surface area (Å²) in [5.74, 6) is -0.424. The van der Waals surface area contributed by atoms with Crippen LogP contribution in [0.4, 0.5) is 4.39 Å². The molecule has 0 atom stereocenters. The Morgan fingerprint density at radius 2 is 2.08 bits per heavy atom. The van der Waals surface area contributed by atoms with Gasteiger partial charge in [-0.1, -0.05) is 36.0 Å². The Morgan fingerprint density at radius 1 is 1.24 bits per heavy atom. The molecule has 0 aliphatic rings. The second-order valence-electron chi connectivity index (χ2n) is 5.43. The van der Waals surface area contributed by atoms with Gasteiger partial charge >= 0.3 is 0 Å². The van der Waals surface area contributed by atoms with Crippen LogP contribution in [0, 0.1) is 5.82 Å². The van der Waals surface area contributed by atoms with Gasteiger partial charge in [0, 0.05) is 30.2 Å². The molecule has 1 amide bonds. The number of carbonyl (C=O) groups excluding carboxylic acids is 1. The molecule has 0 saturated heterocycles. The number of hydrogen-bond acceptors (Lipinski definition) is 3. The van der Waals surface area contributed by atoms with Crippen LogP contribution in [0.1, 0.15) is 15.9 Å². The summed E-state index contributed by atoms with van der Waals surface area (Å²) in [7, 11) is 0. The summed E-state index contributed by atoms with van der Waals surface area (Å²) in [6.45, 7) is 0.380. The largest absolute Gasteiger partial charge is 0.352 e. The summed E-state index contributed by atoms with van der Waals surface area (Å²) in [6.07, 6.45) is 6.00. The van der Waals surface area contributed by atoms with Crippen LogP contribution in [0.2, 0.25) is 0 Å². The van der Waals surface area contributed by atoms with Gasteiger partial charge in [-0.25, -0.2) is 9.37 Å². The van der Waals surface area contributed by atoms with Crippen LogP contribution >= 0.6 is 11.8 Å². The Kier molecular flexibility index (Phi) is 5.50. The number of carbonyl (C=O) groups is 1. The molecule has 0 aliphatic heterocycles. The van der Waals surface area contributed by atoms with Crippen molar-refractivity contribution >= 4 is 17.7 Å². The number of rotatable bonds is 6. The van der Waals surface area contributed by atoms with E-state index in [1.807, 2.05) is 35.2 Å². The Labute approximate surface area is 150 Å². The van der Waals surface area contributed by atoms with E-state index in [1.54, 1.807) is 30.5 Å². The third-order valence-corrected chi connectivity index (χ3v) is 4.48. The maximum absolute atomic E-state index is 13.6. The van der Waals surface area contributed by atoms with Crippen LogP contribution in [-0.4, -0.2) is 28.3 Å². The van der Waals surface area contributed by atoms with Gasteiger partial charge in [0.2, 0.25) is 0 Å². The predicted octanol–water partition coefficient (Wildman–Crippen LogP) is 3.71. The standard InChI is InChI=1S/C19H18FN3OS/c1-25-19-22-11-12-23(19)16-7-4-6-15(13-16)18(24)21-10-9-14-5-2-3-8-17(14)20/h2-8,11-13H,9-10H2,1H3,(H,21,24). The zero-order valence-corrected chi connectivity index (χ0v) is 14.6. The Balaban J connectivity index is 1.67. The third-order valence-electron chi connectivity index (χ3n) is 3.81. The Bertz CT molecular complexity index is 878. The summed E-state index contributed by atoms with van der Waals surface area (Å²) in [5, 5.41) is 3.70. The van der Waals surface area contributed by atoms with Crippen molar-refractivity contribution in [2.45, 2.75) is 11.6 Å². The van der Waals surface area contributed by atoms with Crippen LogP contribution in [-0.2, 0) is 6.42 Å². The monoisotopic (exact) mass is 355 g/mol. The Hall–Kier alpha value is -2.60. The lowest BCUT2D eigenvalue weighted by Crippen LogP contribution is -2.26. The summed E-state index contributed by atoms with van der Waals surface area (Å²) >= 11 is 1.54. The molecule has 0 aliphatic carbocycles. The average Bonchev–Trinajstić information content (AvgIpc) is 3.12. The molecule has 1 heterocycles. The molecule has 3 aromatic rings. The fraction of sp³-hybridized carbons (Fsp3) is 0.158. The first-order chi connectivity index (χ1) is 12.2. The maximum atomic E-state index is 13.6. The fourth-order valence-electron chi connectivity index (χ4n) is 2.55. The minimum atomic E-state index is -0.247. The molecule has 0 bridgehead atoms. The van der Waals surface area contributed by atoms with Crippen molar-refractivity contribution in [3.05, 3.63) is 77.9 Å². The van der Waals surface area contributed by atoms with Crippen molar-refractivity contribution in [2.24, 2.45) is 0 Å². The number of nitrogens with one attached hydrogen (secondary N) is 1. The molecular weight excluding hydrogens is 337 g/mol. The number of thioether (sulfide) groups is 1. The fourth-order valence-corrected chi connectivity index (χ4v) is 3.08. The highest BCUT2D eigenvalue weighted by Gasteiger charge is 2.09. The van der Waals surface area contributed by atoms with E-state index in [9.17, 15) is 9.18 Å². The molecule has 0 fully saturated rings. The van der Waals surface area contributed by atoms with Crippen molar-refractivity contribution in [1.82, 2.24) is 14.9 Å². The summed E-state index contributed by atoms with van der Waals surface area (Å²) in [5.41, 5.74) is 2.04. The van der Waals surface area contributed by atoms with E-state index in [0.29, 0.717) is 24.1 Å². The number of amides is 1. The van der Waals surface area contributed by atoms with E-state index in [1.165, 1.54) is 17.8 Å². The van der Waals surface area contributed by atoms with Gasteiger partial charge in [-0.3, -0.25) is 9.36 Å². The predicted molar refractivity (Wildman–Crippen MR) is 97.8 cm³/mol. The van der Waals surface area contributed by atoms with Gasteiger partial charge in [0.15, 0.2) is 5.16 Å². The summed E-state index contributed by atoms with van der Waals surface area (Å²) in [6, 6.07) is 13.9. The number of halogens is 1. The minimum Gasteiger partial charge on any atom is -0.352 e. The molecule has 25 heavy (non-hydrogen) atoms. The van der Waals surface area contributed by atoms with Crippen LogP contribution in [0.5, 0.6) is 0 Å². The van der Waals surface area contributed by atoms with Gasteiger partial charge < -0.3 is 5.32 Å². The molecule has 2 aromatic carbocycles. The van der Waals surface area contributed by atoms with Crippen LogP contribution in [0.3, 0.4) is 0 Å². The highest BCUT2D eigenvalue weighted by Crippen LogP contribution is 2.19. The molecule has 0 spiro atoms. The summed E-state index contributed by atoms with van der Waals surface area (Å²) < 4.78 is 15.5. The van der Waals surface area contributed by atoms with Gasteiger partial charge in [0.25, 0.3) is 5.91 Å². The highest BCUT2D eigenvalue weighted by molar-refractivity contribution is 7.98. The quantitative estimate of drug-likeness (QED) is 0.686. The lowest BCUT2D eigenvalue weighted by molar-refractivity contribution is 0.0954. The van der Waals surface area contributed by atoms with E-state index in [0.717, 1.165) is 10.8 Å². The van der Waals surface area contributed by atoms with Gasteiger partial charge in [0.05, 0.1) is 0 Å². The molecule has 6 heteroatoms. The van der Waals surface area contributed by atoms with Gasteiger partial charge in [-0.05, 0) is 42.5 Å². The minimum absolute atomic E-state index is 0.177. The second-order valence-corrected chi connectivity index (χ2v) is 6.20. The van der Waals surface area contributed by atoms with E-state index in [4.69, 9.17) is 0 Å². The average molecular weight is 355 g/mol. The SMILES string of the molecule is CSc1nccn1-c1cccc(C(=O)NCCc2ccccc2F)c1. The molecule has 4 nitrogen and oxygen atoms in total. The topological polar surface area (TPSA) is 46.9 Å². The molecule has 128 valence electrons. The van der Waals surface area contributed by atoms with E-state index < -0.39 is 0 Å². The zero-order valence-electron chi connectivity index (χ0n) is 13.8. The van der Waals surface area contributed by atoms with E-state index >= 15 is 0 Å². The Morgan fingerprint density at radius 3 is 2.88 bits per heavy atom. The lowest BCUT2D eigenvalue weighted by Gasteiger charge is -2.09. The number of imidazole rings is 1. The van der Waals surface area contributed by atoms with Crippen molar-refractivity contribution in [3.8, 4) is 5.69 Å². The normalized spacial score (nSPS) is 10.6. The van der Waals surface area contributed by atoms with Crippen molar-refractivity contribution in [3.63, 3.8) is 0 Å². The first-order valence-corrected chi connectivity index (χ1v) is 9.11. The van der Waals surface area contributed by atoms with Crippen molar-refractivity contribution < 1.29 is 9.18 Å². The smallest absolute Gasteiger partial charge is 0.251 e. The molecule has 3 rings (SSSR count). The van der Waals surface area contributed by atoms with Crippen LogP contribution in [0.15, 0.2) is 66.1 Å². The molecular formula is C19H18FN3OS. The molecule has 0 radical (unpaired) electrons. The number of aromatic nitrogens is 2. The van der Waals surface area contributed by atoms with Crippen LogP contribution in [0.25, 0.3) is 5.69 Å². The molecule has 1 N–H and O–H groups in total. The van der Waals surface area contributed by atoms with Gasteiger partial charge in [-0.2, -0.15) is 0 Å². The first kappa shape index (κ1) is 17.2. The van der Waals surface area contributed by atoms with Crippen molar-refractivity contribution in [2.75, 3.05) is 12.8 Å². The first-order valence-electron chi connectivity index (χ1n) is 7.88. The van der Waals surface area contributed by atoms with E-state index in [2.05, 4.69) is 10.3 Å². The molecule has 0 unspecified atom stereocenters. The van der Waals surface area contributed by atoms with Gasteiger partial charge in [-0.15, -0.1) is 0 Å². The van der Waals surface area contributed by atoms with Crippen LogP contribution < -0.4 is 5.32 Å². The second kappa shape index (κ2) is 7.98. The maximum Gasteiger partial charge on any atom is 0.251 e. The number of nitrogens with zero attached hydrogens (tertiary/aromatic N) is 2. The van der Waals surface area contributed by atoms with E-state index in [-0.39, 0.29) is 11.7 Å². The van der Waals surface area contributed by atoms with Crippen molar-refractivity contribution in [1.29, 1.82) is 0 Å². The zero-order chi connectivity index (χ0) is 17.6. The highest BCUT2D eigenvalue weighted by atomic mass is 32.2. The summed E-state index contributed by atoms with van der Waals surface area (Å²) in [4.78, 5) is 16.6. The molecule has 1 aromatic heterocycles.